The van der Waals surface area contributed by atoms with Crippen LogP contribution in [0.3, 0.4) is 0 Å². The van der Waals surface area contributed by atoms with Crippen LogP contribution in [0, 0.1) is 0 Å². The Balaban J connectivity index is 1.61. The number of ether oxygens (including phenoxy) is 4. The predicted octanol–water partition coefficient (Wildman–Crippen LogP) is 5.76. The van der Waals surface area contributed by atoms with Gasteiger partial charge in [0.15, 0.2) is 16.9 Å². The smallest absolute Gasteiger partial charge is 0.336 e. The summed E-state index contributed by atoms with van der Waals surface area (Å²) in [6, 6.07) is 16.3. The maximum absolute atomic E-state index is 12.9. The molecule has 0 saturated carbocycles. The van der Waals surface area contributed by atoms with E-state index < -0.39 is 5.97 Å². The molecule has 0 aliphatic heterocycles. The van der Waals surface area contributed by atoms with E-state index in [1.54, 1.807) is 54.6 Å². The second-order valence-corrected chi connectivity index (χ2v) is 7.79. The van der Waals surface area contributed by atoms with Crippen LogP contribution < -0.4 is 24.4 Å². The van der Waals surface area contributed by atoms with Gasteiger partial charge in [-0.25, -0.2) is 4.79 Å². The zero-order valence-electron chi connectivity index (χ0n) is 19.2. The second-order valence-electron chi connectivity index (χ2n) is 7.35. The van der Waals surface area contributed by atoms with Gasteiger partial charge in [0.2, 0.25) is 5.75 Å². The summed E-state index contributed by atoms with van der Waals surface area (Å²) in [7, 11) is 4.52. The highest BCUT2D eigenvalue weighted by Gasteiger charge is 2.17. The minimum Gasteiger partial charge on any atom is -0.493 e. The van der Waals surface area contributed by atoms with Crippen molar-refractivity contribution in [3.05, 3.63) is 87.5 Å². The summed E-state index contributed by atoms with van der Waals surface area (Å²) in [4.78, 5) is 25.1. The van der Waals surface area contributed by atoms with Gasteiger partial charge in [0.1, 0.15) is 17.1 Å². The molecule has 0 bridgehead atoms. The zero-order chi connectivity index (χ0) is 24.9. The minimum absolute atomic E-state index is 0.219. The van der Waals surface area contributed by atoms with Crippen LogP contribution in [-0.2, 0) is 4.79 Å². The van der Waals surface area contributed by atoms with E-state index in [-0.39, 0.29) is 16.6 Å². The normalized spacial score (nSPS) is 11.0. The Morgan fingerprint density at radius 1 is 0.886 bits per heavy atom. The zero-order valence-corrected chi connectivity index (χ0v) is 19.9. The number of fused-ring (bicyclic) bond motifs is 1. The predicted molar refractivity (Wildman–Crippen MR) is 134 cm³/mol. The van der Waals surface area contributed by atoms with Gasteiger partial charge in [-0.15, -0.1) is 0 Å². The molecule has 1 aromatic heterocycles. The molecule has 0 amide bonds. The Kier molecular flexibility index (Phi) is 7.08. The van der Waals surface area contributed by atoms with Crippen molar-refractivity contribution in [3.63, 3.8) is 0 Å². The van der Waals surface area contributed by atoms with E-state index in [2.05, 4.69) is 0 Å². The number of hydrogen-bond acceptors (Lipinski definition) is 7. The van der Waals surface area contributed by atoms with Gasteiger partial charge < -0.3 is 23.4 Å². The van der Waals surface area contributed by atoms with Crippen molar-refractivity contribution in [3.8, 4) is 34.3 Å². The van der Waals surface area contributed by atoms with E-state index in [1.807, 2.05) is 0 Å². The van der Waals surface area contributed by atoms with Crippen LogP contribution in [0.4, 0.5) is 0 Å². The highest BCUT2D eigenvalue weighted by Crippen LogP contribution is 2.41. The molecule has 35 heavy (non-hydrogen) atoms. The monoisotopic (exact) mass is 492 g/mol. The Hall–Kier alpha value is -4.23. The van der Waals surface area contributed by atoms with E-state index >= 15 is 0 Å². The van der Waals surface area contributed by atoms with Gasteiger partial charge in [-0.1, -0.05) is 23.7 Å². The second kappa shape index (κ2) is 10.4. The SMILES string of the molecule is COc1cc(-c2cc(=O)c3cc(OC(=O)C=Cc4ccc(Cl)cc4)ccc3o2)cc(OC)c1OC. The quantitative estimate of drug-likeness (QED) is 0.184. The molecule has 0 atom stereocenters. The lowest BCUT2D eigenvalue weighted by molar-refractivity contribution is -0.128. The third-order valence-electron chi connectivity index (χ3n) is 5.15. The fourth-order valence-electron chi connectivity index (χ4n) is 3.45. The summed E-state index contributed by atoms with van der Waals surface area (Å²) in [6.07, 6.45) is 2.90. The molecule has 0 unspecified atom stereocenters. The number of benzene rings is 3. The van der Waals surface area contributed by atoms with Crippen molar-refractivity contribution < 1.29 is 28.2 Å². The Morgan fingerprint density at radius 2 is 1.57 bits per heavy atom. The summed E-state index contributed by atoms with van der Waals surface area (Å²) in [5.41, 5.74) is 1.40. The van der Waals surface area contributed by atoms with Crippen molar-refractivity contribution in [2.24, 2.45) is 0 Å². The lowest BCUT2D eigenvalue weighted by atomic mass is 10.1. The van der Waals surface area contributed by atoms with Gasteiger partial charge in [-0.2, -0.15) is 0 Å². The molecule has 0 fully saturated rings. The van der Waals surface area contributed by atoms with Gasteiger partial charge in [-0.05, 0) is 54.1 Å². The molecule has 0 N–H and O–H groups in total. The summed E-state index contributed by atoms with van der Waals surface area (Å²) >= 11 is 5.86. The molecule has 0 spiro atoms. The standard InChI is InChI=1S/C27H21ClO7/c1-31-24-12-17(13-25(32-2)27(24)33-3)23-15-21(29)20-14-19(9-10-22(20)35-23)34-26(30)11-6-16-4-7-18(28)8-5-16/h4-15H,1-3H3. The molecule has 1 heterocycles. The fraction of sp³-hybridized carbons (Fsp3) is 0.111. The summed E-state index contributed by atoms with van der Waals surface area (Å²) in [5, 5.41) is 0.876. The van der Waals surface area contributed by atoms with Crippen molar-refractivity contribution in [1.82, 2.24) is 0 Å². The van der Waals surface area contributed by atoms with Gasteiger partial charge in [0, 0.05) is 22.7 Å². The maximum atomic E-state index is 12.9. The van der Waals surface area contributed by atoms with Crippen LogP contribution in [0.5, 0.6) is 23.0 Å². The van der Waals surface area contributed by atoms with Crippen molar-refractivity contribution in [1.29, 1.82) is 0 Å². The minimum atomic E-state index is -0.585. The average Bonchev–Trinajstić information content (AvgIpc) is 2.87. The third-order valence-corrected chi connectivity index (χ3v) is 5.40. The van der Waals surface area contributed by atoms with Crippen molar-refractivity contribution in [2.45, 2.75) is 0 Å². The highest BCUT2D eigenvalue weighted by molar-refractivity contribution is 6.30. The van der Waals surface area contributed by atoms with Crippen LogP contribution >= 0.6 is 11.6 Å². The molecule has 0 aliphatic carbocycles. The first kappa shape index (κ1) is 23.9. The van der Waals surface area contributed by atoms with E-state index in [0.717, 1.165) is 5.56 Å². The molecule has 0 aliphatic rings. The van der Waals surface area contributed by atoms with Crippen LogP contribution in [0.1, 0.15) is 5.56 Å². The van der Waals surface area contributed by atoms with Gasteiger partial charge in [0.05, 0.1) is 26.7 Å². The van der Waals surface area contributed by atoms with E-state index in [9.17, 15) is 9.59 Å². The largest absolute Gasteiger partial charge is 0.493 e. The number of hydrogen-bond donors (Lipinski definition) is 0. The summed E-state index contributed by atoms with van der Waals surface area (Å²) in [5.74, 6) is 1.24. The third kappa shape index (κ3) is 5.31. The fourth-order valence-corrected chi connectivity index (χ4v) is 3.58. The van der Waals surface area contributed by atoms with Gasteiger partial charge >= 0.3 is 5.97 Å². The molecular formula is C27H21ClO7. The number of esters is 1. The Bertz CT molecular complexity index is 1440. The molecule has 4 aromatic rings. The molecule has 178 valence electrons. The van der Waals surface area contributed by atoms with Crippen molar-refractivity contribution >= 4 is 34.6 Å². The van der Waals surface area contributed by atoms with Gasteiger partial charge in [0.25, 0.3) is 0 Å². The van der Waals surface area contributed by atoms with Crippen LogP contribution in [-0.4, -0.2) is 27.3 Å². The average molecular weight is 493 g/mol. The molecule has 7 nitrogen and oxygen atoms in total. The lowest BCUT2D eigenvalue weighted by Crippen LogP contribution is -2.05. The molecular weight excluding hydrogens is 472 g/mol. The molecule has 0 radical (unpaired) electrons. The first-order chi connectivity index (χ1) is 16.9. The van der Waals surface area contributed by atoms with Gasteiger partial charge in [-0.3, -0.25) is 4.79 Å². The number of halogens is 1. The highest BCUT2D eigenvalue weighted by atomic mass is 35.5. The molecule has 4 rings (SSSR count). The Morgan fingerprint density at radius 3 is 2.20 bits per heavy atom. The Labute approximate surface area is 206 Å². The van der Waals surface area contributed by atoms with Crippen LogP contribution in [0.2, 0.25) is 5.02 Å². The van der Waals surface area contributed by atoms with Crippen LogP contribution in [0.15, 0.2) is 76.0 Å². The number of carbonyl (C=O) groups excluding carboxylic acids is 1. The number of rotatable bonds is 7. The first-order valence-corrected chi connectivity index (χ1v) is 10.8. The first-order valence-electron chi connectivity index (χ1n) is 10.5. The summed E-state index contributed by atoms with van der Waals surface area (Å²) in [6.45, 7) is 0. The van der Waals surface area contributed by atoms with E-state index in [4.69, 9.17) is 35.0 Å². The number of carbonyl (C=O) groups is 1. The lowest BCUT2D eigenvalue weighted by Gasteiger charge is -2.14. The topological polar surface area (TPSA) is 84.2 Å². The van der Waals surface area contributed by atoms with E-state index in [0.29, 0.717) is 39.2 Å². The molecule has 8 heteroatoms. The summed E-state index contributed by atoms with van der Waals surface area (Å²) < 4.78 is 27.4. The van der Waals surface area contributed by atoms with Crippen LogP contribution in [0.25, 0.3) is 28.4 Å². The molecule has 3 aromatic carbocycles. The van der Waals surface area contributed by atoms with E-state index in [1.165, 1.54) is 39.5 Å². The van der Waals surface area contributed by atoms with Crippen molar-refractivity contribution in [2.75, 3.05) is 21.3 Å². The maximum Gasteiger partial charge on any atom is 0.336 e. The molecule has 0 saturated heterocycles. The number of methoxy groups -OCH3 is 3.